The molecule has 32 heavy (non-hydrogen) atoms. The number of hydrogen-bond acceptors (Lipinski definition) is 5. The third kappa shape index (κ3) is 5.93. The number of thioether (sulfide) groups is 1. The third-order valence-electron chi connectivity index (χ3n) is 5.07. The molecule has 0 saturated carbocycles. The first kappa shape index (κ1) is 23.9. The number of likely N-dealkylation sites (tertiary alicyclic amines) is 1. The van der Waals surface area contributed by atoms with Gasteiger partial charge >= 0.3 is 12.1 Å². The highest BCUT2D eigenvalue weighted by molar-refractivity contribution is 8.01. The predicted molar refractivity (Wildman–Crippen MR) is 114 cm³/mol. The second-order valence-electron chi connectivity index (χ2n) is 7.97. The van der Waals surface area contributed by atoms with Crippen LogP contribution in [0.4, 0.5) is 13.2 Å². The van der Waals surface area contributed by atoms with Crippen molar-refractivity contribution in [2.24, 2.45) is 0 Å². The van der Waals surface area contributed by atoms with Gasteiger partial charge in [-0.25, -0.2) is 4.79 Å². The molecule has 1 aromatic carbocycles. The second kappa shape index (κ2) is 9.40. The minimum atomic E-state index is -5.08. The van der Waals surface area contributed by atoms with E-state index in [0.717, 1.165) is 47.7 Å². The van der Waals surface area contributed by atoms with E-state index < -0.39 is 12.1 Å². The van der Waals surface area contributed by atoms with Crippen molar-refractivity contribution in [1.82, 2.24) is 9.88 Å². The van der Waals surface area contributed by atoms with E-state index >= 15 is 0 Å². The summed E-state index contributed by atoms with van der Waals surface area (Å²) in [6.07, 6.45) is -0.386. The Balaban J connectivity index is 0.000000360. The van der Waals surface area contributed by atoms with Gasteiger partial charge in [-0.3, -0.25) is 9.78 Å². The summed E-state index contributed by atoms with van der Waals surface area (Å²) < 4.78 is 37.9. The summed E-state index contributed by atoms with van der Waals surface area (Å²) in [7, 11) is 0. The zero-order valence-corrected chi connectivity index (χ0v) is 18.4. The van der Waals surface area contributed by atoms with Gasteiger partial charge in [-0.05, 0) is 38.1 Å². The number of pyridine rings is 1. The molecule has 1 unspecified atom stereocenters. The fraction of sp³-hybridized carbons (Fsp3) is 0.409. The smallest absolute Gasteiger partial charge is 0.488 e. The van der Waals surface area contributed by atoms with Crippen molar-refractivity contribution >= 4 is 23.6 Å². The fourth-order valence-electron chi connectivity index (χ4n) is 3.78. The lowest BCUT2D eigenvalue weighted by molar-refractivity contribution is -0.192. The number of ether oxygens (including phenoxy) is 1. The average molecular weight is 468 g/mol. The van der Waals surface area contributed by atoms with Gasteiger partial charge in [0.15, 0.2) is 0 Å². The minimum Gasteiger partial charge on any atom is -0.488 e. The van der Waals surface area contributed by atoms with Crippen molar-refractivity contribution in [3.05, 3.63) is 59.4 Å². The van der Waals surface area contributed by atoms with Crippen molar-refractivity contribution in [3.8, 4) is 5.75 Å². The number of carboxylic acids is 1. The van der Waals surface area contributed by atoms with Crippen molar-refractivity contribution in [2.45, 2.75) is 37.3 Å². The largest absolute Gasteiger partial charge is 0.490 e. The Bertz CT molecular complexity index is 959. The molecule has 1 aromatic heterocycles. The maximum Gasteiger partial charge on any atom is 0.490 e. The molecule has 6 nitrogen and oxygen atoms in total. The highest BCUT2D eigenvalue weighted by Gasteiger charge is 2.51. The number of benzene rings is 1. The molecule has 0 radical (unpaired) electrons. The minimum absolute atomic E-state index is 0.148. The maximum atomic E-state index is 12.7. The monoisotopic (exact) mass is 468 g/mol. The van der Waals surface area contributed by atoms with E-state index in [1.807, 2.05) is 54.8 Å². The highest BCUT2D eigenvalue weighted by atomic mass is 32.2. The SMILES string of the molecule is Cc1cc(C)cc(C(=O)N2CC3(CC(Oc4cccnc4)CS3)C2)c1.O=C(O)C(F)(F)F. The van der Waals surface area contributed by atoms with Crippen LogP contribution in [-0.2, 0) is 4.79 Å². The Hall–Kier alpha value is -2.75. The van der Waals surface area contributed by atoms with Gasteiger partial charge < -0.3 is 14.7 Å². The lowest BCUT2D eigenvalue weighted by Gasteiger charge is -2.47. The van der Waals surface area contributed by atoms with E-state index in [4.69, 9.17) is 14.6 Å². The number of halogens is 3. The van der Waals surface area contributed by atoms with Crippen LogP contribution >= 0.6 is 11.8 Å². The number of aromatic nitrogens is 1. The van der Waals surface area contributed by atoms with E-state index in [1.165, 1.54) is 0 Å². The number of hydrogen-bond donors (Lipinski definition) is 1. The molecule has 1 amide bonds. The van der Waals surface area contributed by atoms with E-state index in [-0.39, 0.29) is 16.8 Å². The van der Waals surface area contributed by atoms with Crippen LogP contribution in [0.5, 0.6) is 5.75 Å². The van der Waals surface area contributed by atoms with E-state index in [2.05, 4.69) is 11.1 Å². The number of aliphatic carboxylic acids is 1. The normalized spacial score (nSPS) is 19.0. The molecule has 3 heterocycles. The van der Waals surface area contributed by atoms with Gasteiger partial charge in [-0.2, -0.15) is 13.2 Å². The number of nitrogens with zero attached hydrogens (tertiary/aromatic N) is 2. The first-order valence-corrected chi connectivity index (χ1v) is 10.8. The number of aryl methyl sites for hydroxylation is 2. The molecule has 1 N–H and O–H groups in total. The molecule has 1 spiro atoms. The Kier molecular flexibility index (Phi) is 7.02. The van der Waals surface area contributed by atoms with Crippen molar-refractivity contribution in [1.29, 1.82) is 0 Å². The lowest BCUT2D eigenvalue weighted by atomic mass is 9.92. The highest BCUT2D eigenvalue weighted by Crippen LogP contribution is 2.46. The summed E-state index contributed by atoms with van der Waals surface area (Å²) in [5, 5.41) is 7.12. The van der Waals surface area contributed by atoms with Gasteiger partial charge in [-0.1, -0.05) is 17.2 Å². The number of rotatable bonds is 3. The predicted octanol–water partition coefficient (Wildman–Crippen LogP) is 4.11. The summed E-state index contributed by atoms with van der Waals surface area (Å²) in [4.78, 5) is 27.7. The molecular formula is C22H23F3N2O4S. The van der Waals surface area contributed by atoms with Crippen LogP contribution in [0.2, 0.25) is 0 Å². The van der Waals surface area contributed by atoms with Gasteiger partial charge in [0.2, 0.25) is 0 Å². The topological polar surface area (TPSA) is 79.7 Å². The molecule has 172 valence electrons. The molecule has 2 aliphatic rings. The number of alkyl halides is 3. The Morgan fingerprint density at radius 3 is 2.38 bits per heavy atom. The van der Waals surface area contributed by atoms with Gasteiger partial charge in [-0.15, -0.1) is 11.8 Å². The Labute approximate surface area is 187 Å². The van der Waals surface area contributed by atoms with Crippen molar-refractivity contribution < 1.29 is 32.6 Å². The summed E-state index contributed by atoms with van der Waals surface area (Å²) >= 11 is 1.94. The summed E-state index contributed by atoms with van der Waals surface area (Å²) in [5.74, 6) is -0.810. The fourth-order valence-corrected chi connectivity index (χ4v) is 5.30. The third-order valence-corrected chi connectivity index (χ3v) is 6.64. The first-order chi connectivity index (χ1) is 15.0. The van der Waals surface area contributed by atoms with Gasteiger partial charge in [0.25, 0.3) is 5.91 Å². The van der Waals surface area contributed by atoms with Crippen LogP contribution in [0.15, 0.2) is 42.7 Å². The van der Waals surface area contributed by atoms with Crippen LogP contribution in [0.1, 0.15) is 27.9 Å². The molecule has 1 atom stereocenters. The molecule has 2 aliphatic heterocycles. The number of amides is 1. The van der Waals surface area contributed by atoms with E-state index in [0.29, 0.717) is 0 Å². The molecule has 10 heteroatoms. The average Bonchev–Trinajstić information content (AvgIpc) is 3.10. The van der Waals surface area contributed by atoms with Crippen LogP contribution < -0.4 is 4.74 Å². The van der Waals surface area contributed by atoms with Gasteiger partial charge in [0.05, 0.1) is 10.9 Å². The molecule has 0 bridgehead atoms. The second-order valence-corrected chi connectivity index (χ2v) is 9.46. The molecule has 2 fully saturated rings. The number of carboxylic acid groups (broad SMARTS) is 1. The summed E-state index contributed by atoms with van der Waals surface area (Å²) in [5.41, 5.74) is 3.08. The summed E-state index contributed by atoms with van der Waals surface area (Å²) in [6.45, 7) is 5.70. The molecular weight excluding hydrogens is 445 g/mol. The van der Waals surface area contributed by atoms with E-state index in [9.17, 15) is 18.0 Å². The van der Waals surface area contributed by atoms with Crippen LogP contribution in [-0.4, -0.2) is 62.7 Å². The standard InChI is InChI=1S/C20H22N2O2S.C2HF3O2/c1-14-6-15(2)8-16(7-14)19(23)22-12-20(13-22)9-18(11-25-20)24-17-4-3-5-21-10-17;3-2(4,5)1(6)7/h3-8,10,18H,9,11-13H2,1-2H3;(H,6,7). The molecule has 4 rings (SSSR count). The quantitative estimate of drug-likeness (QED) is 0.731. The maximum absolute atomic E-state index is 12.7. The Morgan fingerprint density at radius 1 is 1.22 bits per heavy atom. The van der Waals surface area contributed by atoms with Crippen molar-refractivity contribution in [2.75, 3.05) is 18.8 Å². The summed E-state index contributed by atoms with van der Waals surface area (Å²) in [6, 6.07) is 9.90. The first-order valence-electron chi connectivity index (χ1n) is 9.86. The van der Waals surface area contributed by atoms with Crippen LogP contribution in [0, 0.1) is 13.8 Å². The van der Waals surface area contributed by atoms with Gasteiger partial charge in [0.1, 0.15) is 11.9 Å². The van der Waals surface area contributed by atoms with Gasteiger partial charge in [0, 0.05) is 37.0 Å². The zero-order chi connectivity index (χ0) is 23.5. The molecule has 2 saturated heterocycles. The Morgan fingerprint density at radius 2 is 1.84 bits per heavy atom. The number of carbonyl (C=O) groups is 2. The molecule has 2 aromatic rings. The number of carbonyl (C=O) groups excluding carboxylic acids is 1. The van der Waals surface area contributed by atoms with Crippen LogP contribution in [0.25, 0.3) is 0 Å². The van der Waals surface area contributed by atoms with E-state index in [1.54, 1.807) is 12.4 Å². The zero-order valence-electron chi connectivity index (χ0n) is 17.6. The lowest BCUT2D eigenvalue weighted by Crippen LogP contribution is -2.60. The van der Waals surface area contributed by atoms with Crippen LogP contribution in [0.3, 0.4) is 0 Å². The van der Waals surface area contributed by atoms with Crippen molar-refractivity contribution in [3.63, 3.8) is 0 Å². The molecule has 0 aliphatic carbocycles.